The first-order valence-corrected chi connectivity index (χ1v) is 9.47. The molecule has 1 fully saturated rings. The summed E-state index contributed by atoms with van der Waals surface area (Å²) in [7, 11) is 0. The third kappa shape index (κ3) is 3.63. The average molecular weight is 386 g/mol. The molecule has 0 bridgehead atoms. The van der Waals surface area contributed by atoms with Crippen molar-refractivity contribution in [3.05, 3.63) is 70.9 Å². The van der Waals surface area contributed by atoms with Gasteiger partial charge in [-0.05, 0) is 31.2 Å². The number of halogens is 1. The summed E-state index contributed by atoms with van der Waals surface area (Å²) in [5, 5.41) is 5.28. The lowest BCUT2D eigenvalue weighted by Gasteiger charge is -2.31. The summed E-state index contributed by atoms with van der Waals surface area (Å²) in [4.78, 5) is 15.6. The van der Waals surface area contributed by atoms with E-state index in [1.54, 1.807) is 16.8 Å². The fraction of sp³-hybridized carbons (Fsp3) is 0.300. The number of nitrogens with zero attached hydrogens (tertiary/aromatic N) is 3. The van der Waals surface area contributed by atoms with Gasteiger partial charge in [-0.1, -0.05) is 29.8 Å². The zero-order valence-electron chi connectivity index (χ0n) is 15.2. The van der Waals surface area contributed by atoms with Crippen molar-refractivity contribution in [3.63, 3.8) is 0 Å². The zero-order chi connectivity index (χ0) is 18.8. The van der Waals surface area contributed by atoms with E-state index in [-0.39, 0.29) is 5.91 Å². The van der Waals surface area contributed by atoms with Crippen molar-refractivity contribution in [2.24, 2.45) is 0 Å². The highest BCUT2D eigenvalue weighted by atomic mass is 35.5. The average Bonchev–Trinajstić information content (AvgIpc) is 3.33. The summed E-state index contributed by atoms with van der Waals surface area (Å²) in [5.74, 6) is 0.367. The van der Waals surface area contributed by atoms with E-state index in [4.69, 9.17) is 16.0 Å². The van der Waals surface area contributed by atoms with Crippen LogP contribution in [0.1, 0.15) is 21.8 Å². The maximum absolute atomic E-state index is 12.4. The molecule has 2 aromatic heterocycles. The summed E-state index contributed by atoms with van der Waals surface area (Å²) in [6.07, 6.45) is 1.53. The van der Waals surface area contributed by atoms with Gasteiger partial charge in [-0.3, -0.25) is 4.79 Å². The molecule has 0 atom stereocenters. The first-order chi connectivity index (χ1) is 13.1. The van der Waals surface area contributed by atoms with Crippen LogP contribution in [0.4, 0.5) is 0 Å². The van der Waals surface area contributed by atoms with Gasteiger partial charge in [0.2, 0.25) is 0 Å². The van der Waals surface area contributed by atoms with E-state index >= 15 is 0 Å². The van der Waals surface area contributed by atoms with Crippen LogP contribution in [0.3, 0.4) is 0 Å². The fourth-order valence-corrected chi connectivity index (χ4v) is 3.82. The summed E-state index contributed by atoms with van der Waals surface area (Å²) in [5.41, 5.74) is 2.98. The van der Waals surface area contributed by atoms with Crippen LogP contribution >= 0.6 is 11.6 Å². The van der Waals surface area contributed by atoms with Crippen LogP contribution < -0.4 is 4.90 Å². The standard InChI is InChI=1S/C20H21ClN4O2/c1-15-17(19(21)25(22-15)16-6-3-2-4-7-16)14-23-9-11-24(12-10-23)20(26)18-8-5-13-27-18/h2-8,13H,9-12,14H2,1H3/p+1. The fourth-order valence-electron chi connectivity index (χ4n) is 3.48. The molecule has 1 N–H and O–H groups in total. The first-order valence-electron chi connectivity index (χ1n) is 9.09. The van der Waals surface area contributed by atoms with Crippen LogP contribution in [0, 0.1) is 6.92 Å². The summed E-state index contributed by atoms with van der Waals surface area (Å²) in [6, 6.07) is 13.4. The molecule has 1 saturated heterocycles. The maximum atomic E-state index is 12.4. The number of carbonyl (C=O) groups excluding carboxylic acids is 1. The quantitative estimate of drug-likeness (QED) is 0.747. The van der Waals surface area contributed by atoms with Crippen molar-refractivity contribution >= 4 is 17.5 Å². The number of quaternary nitrogens is 1. The Bertz CT molecular complexity index is 913. The minimum Gasteiger partial charge on any atom is -0.459 e. The Balaban J connectivity index is 1.42. The molecule has 6 nitrogen and oxygen atoms in total. The number of amides is 1. The molecule has 0 spiro atoms. The predicted molar refractivity (Wildman–Crippen MR) is 102 cm³/mol. The number of furan rings is 1. The molecule has 1 aliphatic heterocycles. The van der Waals surface area contributed by atoms with Gasteiger partial charge in [-0.2, -0.15) is 5.10 Å². The van der Waals surface area contributed by atoms with Gasteiger partial charge < -0.3 is 14.2 Å². The second-order valence-electron chi connectivity index (χ2n) is 6.80. The number of aromatic nitrogens is 2. The van der Waals surface area contributed by atoms with Crippen LogP contribution in [0.25, 0.3) is 5.69 Å². The maximum Gasteiger partial charge on any atom is 0.289 e. The molecule has 4 rings (SSSR count). The minimum atomic E-state index is -0.0369. The van der Waals surface area contributed by atoms with Gasteiger partial charge in [0.05, 0.1) is 49.4 Å². The number of rotatable bonds is 4. The lowest BCUT2D eigenvalue weighted by molar-refractivity contribution is -0.917. The Morgan fingerprint density at radius 3 is 2.59 bits per heavy atom. The number of benzene rings is 1. The number of para-hydroxylation sites is 1. The number of aryl methyl sites for hydroxylation is 1. The SMILES string of the molecule is Cc1nn(-c2ccccc2)c(Cl)c1C[NH+]1CCN(C(=O)c2ccco2)CC1. The van der Waals surface area contributed by atoms with Crippen LogP contribution in [-0.4, -0.2) is 46.8 Å². The van der Waals surface area contributed by atoms with Crippen molar-refractivity contribution < 1.29 is 14.1 Å². The van der Waals surface area contributed by atoms with Crippen molar-refractivity contribution in [1.82, 2.24) is 14.7 Å². The molecule has 0 unspecified atom stereocenters. The lowest BCUT2D eigenvalue weighted by atomic mass is 10.2. The smallest absolute Gasteiger partial charge is 0.289 e. The van der Waals surface area contributed by atoms with Crippen LogP contribution in [-0.2, 0) is 6.54 Å². The highest BCUT2D eigenvalue weighted by Gasteiger charge is 2.27. The van der Waals surface area contributed by atoms with E-state index < -0.39 is 0 Å². The van der Waals surface area contributed by atoms with Gasteiger partial charge in [0.15, 0.2) is 5.76 Å². The van der Waals surface area contributed by atoms with Crippen LogP contribution in [0.2, 0.25) is 5.15 Å². The van der Waals surface area contributed by atoms with E-state index in [0.717, 1.165) is 36.6 Å². The summed E-state index contributed by atoms with van der Waals surface area (Å²) in [6.45, 7) is 5.96. The molecule has 1 amide bonds. The molecule has 1 aliphatic rings. The number of nitrogens with one attached hydrogen (secondary N) is 1. The Hall–Kier alpha value is -2.57. The first kappa shape index (κ1) is 17.8. The number of hydrogen-bond donors (Lipinski definition) is 1. The largest absolute Gasteiger partial charge is 0.459 e. The topological polar surface area (TPSA) is 55.7 Å². The third-order valence-electron chi connectivity index (χ3n) is 5.04. The van der Waals surface area contributed by atoms with E-state index in [1.165, 1.54) is 11.2 Å². The highest BCUT2D eigenvalue weighted by Crippen LogP contribution is 2.22. The molecule has 140 valence electrons. The Labute approximate surface area is 162 Å². The summed E-state index contributed by atoms with van der Waals surface area (Å²) < 4.78 is 7.01. The molecule has 0 aliphatic carbocycles. The molecule has 1 aromatic carbocycles. The van der Waals surface area contributed by atoms with Crippen LogP contribution in [0.15, 0.2) is 53.1 Å². The summed E-state index contributed by atoms with van der Waals surface area (Å²) >= 11 is 6.64. The van der Waals surface area contributed by atoms with Gasteiger partial charge >= 0.3 is 0 Å². The van der Waals surface area contributed by atoms with E-state index in [0.29, 0.717) is 24.0 Å². The number of carbonyl (C=O) groups is 1. The molecular weight excluding hydrogens is 364 g/mol. The second-order valence-corrected chi connectivity index (χ2v) is 7.16. The minimum absolute atomic E-state index is 0.0369. The molecule has 0 saturated carbocycles. The monoisotopic (exact) mass is 385 g/mol. The Kier molecular flexibility index (Phi) is 5.01. The molecule has 3 heterocycles. The molecule has 27 heavy (non-hydrogen) atoms. The van der Waals surface area contributed by atoms with Gasteiger partial charge in [0, 0.05) is 0 Å². The Morgan fingerprint density at radius 2 is 1.93 bits per heavy atom. The number of hydrogen-bond acceptors (Lipinski definition) is 3. The van der Waals surface area contributed by atoms with Gasteiger partial charge in [-0.25, -0.2) is 4.68 Å². The van der Waals surface area contributed by atoms with Crippen molar-refractivity contribution in [3.8, 4) is 5.69 Å². The van der Waals surface area contributed by atoms with Crippen LogP contribution in [0.5, 0.6) is 0 Å². The van der Waals surface area contributed by atoms with Crippen molar-refractivity contribution in [2.45, 2.75) is 13.5 Å². The van der Waals surface area contributed by atoms with Gasteiger partial charge in [0.1, 0.15) is 11.7 Å². The molecular formula is C20H22ClN4O2+. The molecule has 3 aromatic rings. The molecule has 7 heteroatoms. The van der Waals surface area contributed by atoms with Gasteiger partial charge in [-0.15, -0.1) is 0 Å². The lowest BCUT2D eigenvalue weighted by Crippen LogP contribution is -3.13. The van der Waals surface area contributed by atoms with Crippen molar-refractivity contribution in [1.29, 1.82) is 0 Å². The third-order valence-corrected chi connectivity index (χ3v) is 5.43. The second kappa shape index (κ2) is 7.58. The predicted octanol–water partition coefficient (Wildman–Crippen LogP) is 1.97. The molecule has 0 radical (unpaired) electrons. The van der Waals surface area contributed by atoms with E-state index in [1.807, 2.05) is 42.2 Å². The van der Waals surface area contributed by atoms with E-state index in [9.17, 15) is 4.79 Å². The normalized spacial score (nSPS) is 15.3. The highest BCUT2D eigenvalue weighted by molar-refractivity contribution is 6.30. The number of piperazine rings is 1. The van der Waals surface area contributed by atoms with E-state index in [2.05, 4.69) is 5.10 Å². The van der Waals surface area contributed by atoms with Crippen molar-refractivity contribution in [2.75, 3.05) is 26.2 Å². The van der Waals surface area contributed by atoms with Gasteiger partial charge in [0.25, 0.3) is 5.91 Å². The zero-order valence-corrected chi connectivity index (χ0v) is 15.9. The Morgan fingerprint density at radius 1 is 1.19 bits per heavy atom.